The molecular formula is C29H28N4O4. The third-order valence-corrected chi connectivity index (χ3v) is 6.34. The van der Waals surface area contributed by atoms with Gasteiger partial charge in [-0.1, -0.05) is 66.7 Å². The summed E-state index contributed by atoms with van der Waals surface area (Å²) in [6, 6.07) is 26.3. The zero-order valence-electron chi connectivity index (χ0n) is 20.6. The molecule has 0 radical (unpaired) electrons. The first kappa shape index (κ1) is 24.4. The van der Waals surface area contributed by atoms with Gasteiger partial charge < -0.3 is 9.47 Å². The lowest BCUT2D eigenvalue weighted by Crippen LogP contribution is -2.47. The summed E-state index contributed by atoms with van der Waals surface area (Å²) in [5.74, 6) is -0.423. The summed E-state index contributed by atoms with van der Waals surface area (Å²) in [6.07, 6.45) is -0.698. The number of nitrogens with one attached hydrogen (secondary N) is 1. The van der Waals surface area contributed by atoms with Crippen LogP contribution < -0.4 is 10.4 Å². The van der Waals surface area contributed by atoms with Crippen molar-refractivity contribution in [2.24, 2.45) is 0 Å². The van der Waals surface area contributed by atoms with E-state index in [9.17, 15) is 9.59 Å². The Bertz CT molecular complexity index is 1390. The van der Waals surface area contributed by atoms with E-state index in [1.54, 1.807) is 24.3 Å². The Kier molecular flexibility index (Phi) is 7.39. The average Bonchev–Trinajstić information content (AvgIpc) is 2.96. The van der Waals surface area contributed by atoms with Crippen LogP contribution >= 0.6 is 0 Å². The van der Waals surface area contributed by atoms with Crippen LogP contribution in [0, 0.1) is 0 Å². The molecule has 0 spiro atoms. The van der Waals surface area contributed by atoms with Gasteiger partial charge in [-0.05, 0) is 18.2 Å². The number of hydrogen-bond acceptors (Lipinski definition) is 6. The molecule has 2 heterocycles. The Morgan fingerprint density at radius 2 is 1.59 bits per heavy atom. The number of nitrogens with zero attached hydrogens (tertiary/aromatic N) is 3. The molecule has 0 unspecified atom stereocenters. The van der Waals surface area contributed by atoms with Crippen LogP contribution in [0.1, 0.15) is 15.9 Å². The summed E-state index contributed by atoms with van der Waals surface area (Å²) in [5, 5.41) is 1.83. The SMILES string of the molecule is COC(=O)N(NC(=O)c1c(CN2CCOCC2)c(-c2ccccc2)nc2ccccc12)c1ccccc1. The lowest BCUT2D eigenvalue weighted by molar-refractivity contribution is 0.0341. The quantitative estimate of drug-likeness (QED) is 0.405. The highest BCUT2D eigenvalue weighted by atomic mass is 16.5. The van der Waals surface area contributed by atoms with Crippen molar-refractivity contribution in [3.05, 3.63) is 96.1 Å². The predicted octanol–water partition coefficient (Wildman–Crippen LogP) is 4.65. The van der Waals surface area contributed by atoms with Crippen LogP contribution in [0.5, 0.6) is 0 Å². The van der Waals surface area contributed by atoms with Crippen LogP contribution in [0.25, 0.3) is 22.2 Å². The zero-order valence-corrected chi connectivity index (χ0v) is 20.6. The van der Waals surface area contributed by atoms with Gasteiger partial charge in [0, 0.05) is 36.1 Å². The molecule has 1 aromatic heterocycles. The van der Waals surface area contributed by atoms with Gasteiger partial charge in [0.25, 0.3) is 5.91 Å². The van der Waals surface area contributed by atoms with Gasteiger partial charge in [-0.3, -0.25) is 15.1 Å². The minimum Gasteiger partial charge on any atom is -0.451 e. The normalized spacial score (nSPS) is 13.8. The maximum atomic E-state index is 14.1. The fourth-order valence-corrected chi connectivity index (χ4v) is 4.52. The fraction of sp³-hybridized carbons (Fsp3) is 0.207. The third-order valence-electron chi connectivity index (χ3n) is 6.34. The molecule has 2 amide bonds. The fourth-order valence-electron chi connectivity index (χ4n) is 4.52. The number of carbonyl (C=O) groups excluding carboxylic acids is 2. The first-order valence-electron chi connectivity index (χ1n) is 12.2. The maximum absolute atomic E-state index is 14.1. The topological polar surface area (TPSA) is 84.0 Å². The van der Waals surface area contributed by atoms with Gasteiger partial charge in [0.1, 0.15) is 0 Å². The van der Waals surface area contributed by atoms with Gasteiger partial charge in [0.15, 0.2) is 0 Å². The molecule has 0 aliphatic carbocycles. The molecule has 0 saturated carbocycles. The van der Waals surface area contributed by atoms with Crippen LogP contribution in [0.2, 0.25) is 0 Å². The van der Waals surface area contributed by atoms with Crippen molar-refractivity contribution < 1.29 is 19.1 Å². The van der Waals surface area contributed by atoms with Gasteiger partial charge in [-0.2, -0.15) is 5.01 Å². The molecule has 1 saturated heterocycles. The number of methoxy groups -OCH3 is 1. The number of morpholine rings is 1. The lowest BCUT2D eigenvalue weighted by Gasteiger charge is -2.29. The second-order valence-corrected chi connectivity index (χ2v) is 8.67. The average molecular weight is 497 g/mol. The van der Waals surface area contributed by atoms with E-state index < -0.39 is 12.0 Å². The van der Waals surface area contributed by atoms with Crippen LogP contribution in [0.15, 0.2) is 84.9 Å². The highest BCUT2D eigenvalue weighted by Crippen LogP contribution is 2.32. The minimum atomic E-state index is -0.698. The molecule has 1 aliphatic heterocycles. The van der Waals surface area contributed by atoms with Gasteiger partial charge in [-0.15, -0.1) is 0 Å². The van der Waals surface area contributed by atoms with Crippen molar-refractivity contribution >= 4 is 28.6 Å². The molecule has 1 fully saturated rings. The molecule has 188 valence electrons. The van der Waals surface area contributed by atoms with Gasteiger partial charge in [-0.25, -0.2) is 9.78 Å². The van der Waals surface area contributed by atoms with E-state index in [2.05, 4.69) is 10.3 Å². The number of anilines is 1. The second kappa shape index (κ2) is 11.2. The Labute approximate surface area is 215 Å². The molecule has 8 heteroatoms. The number of fused-ring (bicyclic) bond motifs is 1. The number of ether oxygens (including phenoxy) is 2. The van der Waals surface area contributed by atoms with Gasteiger partial charge in [0.05, 0.1) is 42.8 Å². The molecule has 0 bridgehead atoms. The Morgan fingerprint density at radius 1 is 0.946 bits per heavy atom. The molecule has 0 atom stereocenters. The second-order valence-electron chi connectivity index (χ2n) is 8.67. The van der Waals surface area contributed by atoms with Crippen LogP contribution in [0.4, 0.5) is 10.5 Å². The predicted molar refractivity (Wildman–Crippen MR) is 142 cm³/mol. The first-order valence-corrected chi connectivity index (χ1v) is 12.2. The summed E-state index contributed by atoms with van der Waals surface area (Å²) in [5.41, 5.74) is 6.90. The molecular weight excluding hydrogens is 468 g/mol. The molecule has 1 aliphatic rings. The highest BCUT2D eigenvalue weighted by molar-refractivity contribution is 6.10. The van der Waals surface area contributed by atoms with E-state index in [-0.39, 0.29) is 0 Å². The highest BCUT2D eigenvalue weighted by Gasteiger charge is 2.27. The van der Waals surface area contributed by atoms with Crippen LogP contribution in [-0.2, 0) is 16.0 Å². The third kappa shape index (κ3) is 5.30. The molecule has 4 aromatic rings. The molecule has 3 aromatic carbocycles. The number of hydrogen-bond donors (Lipinski definition) is 1. The smallest absolute Gasteiger partial charge is 0.433 e. The standard InChI is InChI=1S/C29H28N4O4/c1-36-29(35)33(22-12-6-3-7-13-22)31-28(34)26-23-14-8-9-15-25(23)30-27(21-10-4-2-5-11-21)24(26)20-32-16-18-37-19-17-32/h2-15H,16-20H2,1H3,(H,31,34). The molecule has 5 rings (SSSR count). The summed E-state index contributed by atoms with van der Waals surface area (Å²) < 4.78 is 10.5. The summed E-state index contributed by atoms with van der Waals surface area (Å²) >= 11 is 0. The van der Waals surface area contributed by atoms with Crippen molar-refractivity contribution in [1.82, 2.24) is 15.3 Å². The van der Waals surface area contributed by atoms with Crippen molar-refractivity contribution in [3.63, 3.8) is 0 Å². The van der Waals surface area contributed by atoms with Crippen molar-refractivity contribution in [2.45, 2.75) is 6.54 Å². The number of pyridine rings is 1. The van der Waals surface area contributed by atoms with Gasteiger partial charge in [0.2, 0.25) is 0 Å². The number of rotatable bonds is 5. The number of benzene rings is 3. The Hall–Kier alpha value is -4.27. The minimum absolute atomic E-state index is 0.423. The first-order chi connectivity index (χ1) is 18.2. The number of aromatic nitrogens is 1. The van der Waals surface area contributed by atoms with Crippen LogP contribution in [-0.4, -0.2) is 55.3 Å². The number of carbonyl (C=O) groups is 2. The Morgan fingerprint density at radius 3 is 2.30 bits per heavy atom. The van der Waals surface area contributed by atoms with Crippen LogP contribution in [0.3, 0.4) is 0 Å². The van der Waals surface area contributed by atoms with E-state index in [1.807, 2.05) is 60.7 Å². The van der Waals surface area contributed by atoms with Crippen molar-refractivity contribution in [3.8, 4) is 11.3 Å². The maximum Gasteiger partial charge on any atom is 0.433 e. The van der Waals surface area contributed by atoms with E-state index in [0.717, 1.165) is 34.9 Å². The number of hydrazine groups is 1. The zero-order chi connectivity index (χ0) is 25.6. The number of para-hydroxylation sites is 2. The summed E-state index contributed by atoms with van der Waals surface area (Å²) in [7, 11) is 1.28. The van der Waals surface area contributed by atoms with Crippen molar-refractivity contribution in [1.29, 1.82) is 0 Å². The van der Waals surface area contributed by atoms with Gasteiger partial charge >= 0.3 is 6.09 Å². The van der Waals surface area contributed by atoms with E-state index in [1.165, 1.54) is 7.11 Å². The largest absolute Gasteiger partial charge is 0.451 e. The monoisotopic (exact) mass is 496 g/mol. The summed E-state index contributed by atoms with van der Waals surface area (Å²) in [4.78, 5) is 34.0. The van der Waals surface area contributed by atoms with E-state index in [0.29, 0.717) is 41.9 Å². The number of amides is 2. The van der Waals surface area contributed by atoms with E-state index in [4.69, 9.17) is 14.5 Å². The molecule has 1 N–H and O–H groups in total. The lowest BCUT2D eigenvalue weighted by atomic mass is 9.95. The summed E-state index contributed by atoms with van der Waals surface area (Å²) in [6.45, 7) is 3.28. The van der Waals surface area contributed by atoms with Crippen molar-refractivity contribution in [2.75, 3.05) is 38.4 Å². The van der Waals surface area contributed by atoms with E-state index >= 15 is 0 Å². The Balaban J connectivity index is 1.66. The molecule has 8 nitrogen and oxygen atoms in total. The molecule has 37 heavy (non-hydrogen) atoms.